The normalized spacial score (nSPS) is 10.6. The Morgan fingerprint density at radius 2 is 2.20 bits per heavy atom. The lowest BCUT2D eigenvalue weighted by molar-refractivity contribution is 0.0924. The van der Waals surface area contributed by atoms with E-state index in [9.17, 15) is 9.18 Å². The van der Waals surface area contributed by atoms with Crippen LogP contribution < -0.4 is 17.0 Å². The first-order valence-corrected chi connectivity index (χ1v) is 6.78. The Labute approximate surface area is 119 Å². The molecule has 0 bridgehead atoms. The van der Waals surface area contributed by atoms with Crippen molar-refractivity contribution >= 4 is 23.4 Å². The van der Waals surface area contributed by atoms with Gasteiger partial charge in [0.2, 0.25) is 0 Å². The van der Waals surface area contributed by atoms with E-state index in [1.165, 1.54) is 30.0 Å². The number of thioether (sulfide) groups is 1. The van der Waals surface area contributed by atoms with Crippen molar-refractivity contribution in [2.24, 2.45) is 5.84 Å². The van der Waals surface area contributed by atoms with Crippen LogP contribution in [0.5, 0.6) is 0 Å². The van der Waals surface area contributed by atoms with Crippen molar-refractivity contribution in [1.82, 2.24) is 5.43 Å². The monoisotopic (exact) mass is 295 g/mol. The summed E-state index contributed by atoms with van der Waals surface area (Å²) in [5.41, 5.74) is 9.12. The predicted molar refractivity (Wildman–Crippen MR) is 75.5 cm³/mol. The molecule has 0 atom stereocenters. The van der Waals surface area contributed by atoms with Gasteiger partial charge in [-0.2, -0.15) is 0 Å². The third-order valence-corrected chi connectivity index (χ3v) is 3.85. The number of benzene rings is 1. The zero-order chi connectivity index (χ0) is 14.7. The molecule has 7 heteroatoms. The second-order valence-corrected chi connectivity index (χ2v) is 5.15. The van der Waals surface area contributed by atoms with Crippen LogP contribution in [0.25, 0.3) is 0 Å². The van der Waals surface area contributed by atoms with E-state index in [-0.39, 0.29) is 11.6 Å². The summed E-state index contributed by atoms with van der Waals surface area (Å²) in [5, 5.41) is 0. The molecule has 0 radical (unpaired) electrons. The quantitative estimate of drug-likeness (QED) is 0.264. The summed E-state index contributed by atoms with van der Waals surface area (Å²) in [4.78, 5) is 12.0. The van der Waals surface area contributed by atoms with E-state index in [0.717, 1.165) is 5.56 Å². The second kappa shape index (κ2) is 5.98. The average Bonchev–Trinajstić information content (AvgIpc) is 2.80. The van der Waals surface area contributed by atoms with Gasteiger partial charge in [0.25, 0.3) is 0 Å². The zero-order valence-corrected chi connectivity index (χ0v) is 11.6. The van der Waals surface area contributed by atoms with Crippen LogP contribution in [0.4, 0.5) is 10.1 Å². The molecule has 0 fully saturated rings. The minimum atomic E-state index is -0.491. The first-order valence-electron chi connectivity index (χ1n) is 5.79. The minimum Gasteiger partial charge on any atom is -0.456 e. The van der Waals surface area contributed by atoms with E-state index in [0.29, 0.717) is 22.1 Å². The number of nitrogen functional groups attached to an aromatic ring is 2. The fraction of sp³-hybridized carbons (Fsp3) is 0.154. The van der Waals surface area contributed by atoms with E-state index >= 15 is 0 Å². The van der Waals surface area contributed by atoms with Gasteiger partial charge in [0.1, 0.15) is 11.6 Å². The molecule has 1 heterocycles. The lowest BCUT2D eigenvalue weighted by atomic mass is 10.3. The summed E-state index contributed by atoms with van der Waals surface area (Å²) in [5.74, 6) is 5.49. The molecule has 0 unspecified atom stereocenters. The SMILES string of the molecule is Cc1oc(C(=O)NN)cc1CSc1cc(F)ccc1N. The molecule has 2 rings (SSSR count). The van der Waals surface area contributed by atoms with E-state index in [1.807, 2.05) is 5.43 Å². The lowest BCUT2D eigenvalue weighted by Crippen LogP contribution is -2.29. The molecule has 1 aromatic carbocycles. The molecule has 2 aromatic rings. The number of hydrogen-bond donors (Lipinski definition) is 3. The Bertz CT molecular complexity index is 643. The molecular weight excluding hydrogens is 281 g/mol. The summed E-state index contributed by atoms with van der Waals surface area (Å²) in [6.07, 6.45) is 0. The maximum Gasteiger partial charge on any atom is 0.300 e. The molecule has 1 aromatic heterocycles. The van der Waals surface area contributed by atoms with Crippen LogP contribution in [0.1, 0.15) is 21.9 Å². The Morgan fingerprint density at radius 3 is 2.90 bits per heavy atom. The molecule has 5 nitrogen and oxygen atoms in total. The number of halogens is 1. The average molecular weight is 295 g/mol. The van der Waals surface area contributed by atoms with E-state index < -0.39 is 5.91 Å². The maximum atomic E-state index is 13.2. The smallest absolute Gasteiger partial charge is 0.300 e. The first kappa shape index (κ1) is 14.4. The number of furan rings is 1. The van der Waals surface area contributed by atoms with Crippen molar-refractivity contribution in [1.29, 1.82) is 0 Å². The highest BCUT2D eigenvalue weighted by atomic mass is 32.2. The van der Waals surface area contributed by atoms with Crippen molar-refractivity contribution in [3.8, 4) is 0 Å². The summed E-state index contributed by atoms with van der Waals surface area (Å²) < 4.78 is 18.5. The van der Waals surface area contributed by atoms with Crippen molar-refractivity contribution < 1.29 is 13.6 Å². The van der Waals surface area contributed by atoms with Crippen molar-refractivity contribution in [3.63, 3.8) is 0 Å². The van der Waals surface area contributed by atoms with Crippen molar-refractivity contribution in [2.45, 2.75) is 17.6 Å². The van der Waals surface area contributed by atoms with Gasteiger partial charge in [-0.3, -0.25) is 10.2 Å². The van der Waals surface area contributed by atoms with Gasteiger partial charge in [-0.1, -0.05) is 0 Å². The van der Waals surface area contributed by atoms with Crippen LogP contribution in [0.15, 0.2) is 33.6 Å². The standard InChI is InChI=1S/C13H14FN3O2S/c1-7-8(4-11(19-7)13(18)17-16)6-20-12-5-9(14)2-3-10(12)15/h2-5H,6,15-16H2,1H3,(H,17,18). The number of amides is 1. The van der Waals surface area contributed by atoms with Crippen LogP contribution in [0, 0.1) is 12.7 Å². The number of hydrazine groups is 1. The van der Waals surface area contributed by atoms with E-state index in [1.54, 1.807) is 13.0 Å². The topological polar surface area (TPSA) is 94.3 Å². The van der Waals surface area contributed by atoms with Gasteiger partial charge in [-0.25, -0.2) is 10.2 Å². The molecule has 0 aliphatic heterocycles. The van der Waals surface area contributed by atoms with Crippen LogP contribution in [0.3, 0.4) is 0 Å². The zero-order valence-electron chi connectivity index (χ0n) is 10.8. The fourth-order valence-corrected chi connectivity index (χ4v) is 2.66. The number of aryl methyl sites for hydroxylation is 1. The van der Waals surface area contributed by atoms with E-state index in [4.69, 9.17) is 16.0 Å². The Morgan fingerprint density at radius 1 is 1.45 bits per heavy atom. The molecule has 0 aliphatic carbocycles. The highest BCUT2D eigenvalue weighted by Crippen LogP contribution is 2.30. The van der Waals surface area contributed by atoms with Crippen LogP contribution in [-0.4, -0.2) is 5.91 Å². The number of anilines is 1. The third kappa shape index (κ3) is 3.12. The van der Waals surface area contributed by atoms with Gasteiger partial charge in [0.15, 0.2) is 5.76 Å². The number of nitrogens with one attached hydrogen (secondary N) is 1. The maximum absolute atomic E-state index is 13.2. The van der Waals surface area contributed by atoms with Crippen molar-refractivity contribution in [2.75, 3.05) is 5.73 Å². The molecule has 20 heavy (non-hydrogen) atoms. The molecule has 106 valence electrons. The third-order valence-electron chi connectivity index (χ3n) is 2.73. The van der Waals surface area contributed by atoms with Gasteiger partial charge in [0, 0.05) is 21.9 Å². The fourth-order valence-electron chi connectivity index (χ4n) is 1.63. The minimum absolute atomic E-state index is 0.146. The van der Waals surface area contributed by atoms with Gasteiger partial charge >= 0.3 is 5.91 Å². The summed E-state index contributed by atoms with van der Waals surface area (Å²) in [6.45, 7) is 1.75. The van der Waals surface area contributed by atoms with Crippen LogP contribution in [-0.2, 0) is 5.75 Å². The van der Waals surface area contributed by atoms with Crippen LogP contribution >= 0.6 is 11.8 Å². The Balaban J connectivity index is 2.13. The molecule has 0 aliphatic rings. The van der Waals surface area contributed by atoms with Gasteiger partial charge < -0.3 is 10.2 Å². The molecular formula is C13H14FN3O2S. The largest absolute Gasteiger partial charge is 0.456 e. The summed E-state index contributed by atoms with van der Waals surface area (Å²) >= 11 is 1.37. The molecule has 0 spiro atoms. The van der Waals surface area contributed by atoms with Crippen LogP contribution in [0.2, 0.25) is 0 Å². The molecule has 0 saturated carbocycles. The number of carbonyl (C=O) groups is 1. The van der Waals surface area contributed by atoms with Crippen molar-refractivity contribution in [3.05, 3.63) is 47.2 Å². The first-order chi connectivity index (χ1) is 9.51. The van der Waals surface area contributed by atoms with E-state index in [2.05, 4.69) is 0 Å². The number of hydrogen-bond acceptors (Lipinski definition) is 5. The number of carbonyl (C=O) groups excluding carboxylic acids is 1. The van der Waals surface area contributed by atoms with Gasteiger partial charge in [0.05, 0.1) is 0 Å². The highest BCUT2D eigenvalue weighted by Gasteiger charge is 2.14. The molecule has 0 saturated heterocycles. The molecule has 5 N–H and O–H groups in total. The predicted octanol–water partition coefficient (Wildman–Crippen LogP) is 2.21. The number of nitrogens with two attached hydrogens (primary N) is 2. The number of rotatable bonds is 4. The Kier molecular flexibility index (Phi) is 4.31. The lowest BCUT2D eigenvalue weighted by Gasteiger charge is -2.04. The van der Waals surface area contributed by atoms with Gasteiger partial charge in [-0.15, -0.1) is 11.8 Å². The Hall–Kier alpha value is -1.99. The molecule has 1 amide bonds. The second-order valence-electron chi connectivity index (χ2n) is 4.14. The summed E-state index contributed by atoms with van der Waals surface area (Å²) in [7, 11) is 0. The summed E-state index contributed by atoms with van der Waals surface area (Å²) in [6, 6.07) is 5.82. The highest BCUT2D eigenvalue weighted by molar-refractivity contribution is 7.98. The van der Waals surface area contributed by atoms with Gasteiger partial charge in [-0.05, 0) is 31.2 Å².